The predicted octanol–water partition coefficient (Wildman–Crippen LogP) is 1.93. The quantitative estimate of drug-likeness (QED) is 0.775. The molecule has 6 nitrogen and oxygen atoms in total. The molecule has 0 saturated heterocycles. The number of benzene rings is 2. The molecule has 0 spiro atoms. The van der Waals surface area contributed by atoms with E-state index in [1.54, 1.807) is 30.3 Å². The van der Waals surface area contributed by atoms with E-state index in [0.29, 0.717) is 5.56 Å². The van der Waals surface area contributed by atoms with Crippen LogP contribution in [0.3, 0.4) is 0 Å². The fraction of sp³-hybridized carbons (Fsp3) is 0.0667. The highest BCUT2D eigenvalue weighted by Gasteiger charge is 2.18. The summed E-state index contributed by atoms with van der Waals surface area (Å²) in [6, 6.07) is 12.3. The van der Waals surface area contributed by atoms with Gasteiger partial charge in [0.15, 0.2) is 9.84 Å². The lowest BCUT2D eigenvalue weighted by Crippen LogP contribution is -2.42. The first-order valence-electron chi connectivity index (χ1n) is 6.44. The Kier molecular flexibility index (Phi) is 5.17. The fourth-order valence-corrected chi connectivity index (χ4v) is 2.98. The van der Waals surface area contributed by atoms with Crippen LogP contribution >= 0.6 is 15.9 Å². The molecule has 2 amide bonds. The standard InChI is InChI=1S/C15H13BrN2O4S/c1-23(21,22)13-5-3-2-4-12(13)15(20)18-17-14(19)10-6-8-11(16)9-7-10/h2-9H,1H3,(H,17,19)(H,18,20). The highest BCUT2D eigenvalue weighted by atomic mass is 79.9. The van der Waals surface area contributed by atoms with Crippen molar-refractivity contribution in [1.29, 1.82) is 0 Å². The van der Waals surface area contributed by atoms with Gasteiger partial charge in [-0.25, -0.2) is 8.42 Å². The zero-order valence-corrected chi connectivity index (χ0v) is 14.4. The van der Waals surface area contributed by atoms with Crippen LogP contribution in [-0.2, 0) is 9.84 Å². The molecule has 0 radical (unpaired) electrons. The summed E-state index contributed by atoms with van der Waals surface area (Å²) in [5.74, 6) is -1.22. The van der Waals surface area contributed by atoms with Gasteiger partial charge in [0.25, 0.3) is 11.8 Å². The van der Waals surface area contributed by atoms with E-state index in [9.17, 15) is 18.0 Å². The largest absolute Gasteiger partial charge is 0.271 e. The molecule has 0 bridgehead atoms. The van der Waals surface area contributed by atoms with Gasteiger partial charge < -0.3 is 0 Å². The molecule has 120 valence electrons. The zero-order valence-electron chi connectivity index (χ0n) is 12.0. The van der Waals surface area contributed by atoms with Crippen LogP contribution in [0.25, 0.3) is 0 Å². The van der Waals surface area contributed by atoms with E-state index >= 15 is 0 Å². The third kappa shape index (κ3) is 4.40. The average Bonchev–Trinajstić information content (AvgIpc) is 2.52. The Hall–Kier alpha value is -2.19. The SMILES string of the molecule is CS(=O)(=O)c1ccccc1C(=O)NNC(=O)c1ccc(Br)cc1. The Morgan fingerprint density at radius 2 is 1.48 bits per heavy atom. The van der Waals surface area contributed by atoms with Crippen LogP contribution in [0.15, 0.2) is 57.9 Å². The highest BCUT2D eigenvalue weighted by Crippen LogP contribution is 2.15. The molecule has 0 heterocycles. The summed E-state index contributed by atoms with van der Waals surface area (Å²) in [5.41, 5.74) is 4.77. The van der Waals surface area contributed by atoms with Crippen LogP contribution in [0.1, 0.15) is 20.7 Å². The van der Waals surface area contributed by atoms with Crippen molar-refractivity contribution >= 4 is 37.6 Å². The third-order valence-corrected chi connectivity index (χ3v) is 4.61. The maximum Gasteiger partial charge on any atom is 0.271 e. The predicted molar refractivity (Wildman–Crippen MR) is 88.6 cm³/mol. The van der Waals surface area contributed by atoms with E-state index in [-0.39, 0.29) is 10.5 Å². The molecule has 23 heavy (non-hydrogen) atoms. The molecule has 0 aliphatic rings. The lowest BCUT2D eigenvalue weighted by atomic mass is 10.2. The van der Waals surface area contributed by atoms with Gasteiger partial charge in [-0.05, 0) is 36.4 Å². The van der Waals surface area contributed by atoms with Gasteiger partial charge in [-0.2, -0.15) is 0 Å². The van der Waals surface area contributed by atoms with E-state index in [4.69, 9.17) is 0 Å². The number of hydrazine groups is 1. The number of halogens is 1. The third-order valence-electron chi connectivity index (χ3n) is 2.93. The van der Waals surface area contributed by atoms with Crippen LogP contribution in [0.4, 0.5) is 0 Å². The normalized spacial score (nSPS) is 10.9. The van der Waals surface area contributed by atoms with Crippen molar-refractivity contribution in [3.63, 3.8) is 0 Å². The number of nitrogens with one attached hydrogen (secondary N) is 2. The van der Waals surface area contributed by atoms with Crippen molar-refractivity contribution in [3.05, 3.63) is 64.1 Å². The summed E-state index contributed by atoms with van der Waals surface area (Å²) in [6.07, 6.45) is 1.01. The molecule has 0 atom stereocenters. The van der Waals surface area contributed by atoms with Gasteiger partial charge in [0, 0.05) is 16.3 Å². The topological polar surface area (TPSA) is 92.3 Å². The van der Waals surface area contributed by atoms with Gasteiger partial charge in [-0.15, -0.1) is 0 Å². The molecule has 2 N–H and O–H groups in total. The second-order valence-electron chi connectivity index (χ2n) is 4.68. The molecule has 2 rings (SSSR count). The number of hydrogen-bond acceptors (Lipinski definition) is 4. The van der Waals surface area contributed by atoms with Crippen LogP contribution in [0, 0.1) is 0 Å². The zero-order chi connectivity index (χ0) is 17.0. The van der Waals surface area contributed by atoms with Crippen LogP contribution in [0.5, 0.6) is 0 Å². The molecule has 0 aromatic heterocycles. The fourth-order valence-electron chi connectivity index (χ4n) is 1.83. The van der Waals surface area contributed by atoms with E-state index in [2.05, 4.69) is 26.8 Å². The van der Waals surface area contributed by atoms with Gasteiger partial charge in [0.2, 0.25) is 0 Å². The summed E-state index contributed by atoms with van der Waals surface area (Å²) in [6.45, 7) is 0. The number of hydrogen-bond donors (Lipinski definition) is 2. The maximum absolute atomic E-state index is 12.1. The van der Waals surface area contributed by atoms with Crippen LogP contribution in [0.2, 0.25) is 0 Å². The van der Waals surface area contributed by atoms with Crippen molar-refractivity contribution in [1.82, 2.24) is 10.9 Å². The highest BCUT2D eigenvalue weighted by molar-refractivity contribution is 9.10. The minimum absolute atomic E-state index is 0.0360. The molecule has 8 heteroatoms. The van der Waals surface area contributed by atoms with Crippen molar-refractivity contribution in [2.24, 2.45) is 0 Å². The Morgan fingerprint density at radius 1 is 0.913 bits per heavy atom. The summed E-state index contributed by atoms with van der Waals surface area (Å²) in [7, 11) is -3.55. The number of sulfone groups is 1. The Bertz CT molecular complexity index is 848. The average molecular weight is 397 g/mol. The molecule has 0 aliphatic carbocycles. The molecule has 0 saturated carbocycles. The smallest absolute Gasteiger partial charge is 0.267 e. The van der Waals surface area contributed by atoms with E-state index in [0.717, 1.165) is 10.7 Å². The van der Waals surface area contributed by atoms with Gasteiger partial charge >= 0.3 is 0 Å². The molecular weight excluding hydrogens is 384 g/mol. The monoisotopic (exact) mass is 396 g/mol. The van der Waals surface area contributed by atoms with Gasteiger partial charge in [-0.1, -0.05) is 28.1 Å². The van der Waals surface area contributed by atoms with Gasteiger partial charge in [-0.3, -0.25) is 20.4 Å². The maximum atomic E-state index is 12.1. The first-order chi connectivity index (χ1) is 10.8. The first kappa shape index (κ1) is 17.2. The van der Waals surface area contributed by atoms with E-state index in [1.807, 2.05) is 0 Å². The second kappa shape index (κ2) is 6.93. The van der Waals surface area contributed by atoms with E-state index in [1.165, 1.54) is 18.2 Å². The molecule has 2 aromatic carbocycles. The lowest BCUT2D eigenvalue weighted by molar-refractivity contribution is 0.0845. The van der Waals surface area contributed by atoms with Gasteiger partial charge in [0.1, 0.15) is 0 Å². The Labute approximate surface area is 141 Å². The number of carbonyl (C=O) groups is 2. The summed E-state index contributed by atoms with van der Waals surface area (Å²) in [4.78, 5) is 23.9. The van der Waals surface area contributed by atoms with Crippen molar-refractivity contribution in [2.45, 2.75) is 4.90 Å². The summed E-state index contributed by atoms with van der Waals surface area (Å²) in [5, 5.41) is 0. The summed E-state index contributed by atoms with van der Waals surface area (Å²) < 4.78 is 24.2. The second-order valence-corrected chi connectivity index (χ2v) is 7.58. The number of amides is 2. The molecule has 0 unspecified atom stereocenters. The van der Waals surface area contributed by atoms with Gasteiger partial charge in [0.05, 0.1) is 10.5 Å². The van der Waals surface area contributed by atoms with Crippen molar-refractivity contribution < 1.29 is 18.0 Å². The minimum Gasteiger partial charge on any atom is -0.267 e. The minimum atomic E-state index is -3.55. The molecule has 0 fully saturated rings. The number of carbonyl (C=O) groups excluding carboxylic acids is 2. The first-order valence-corrected chi connectivity index (χ1v) is 9.13. The summed E-state index contributed by atoms with van der Waals surface area (Å²) >= 11 is 3.26. The molecule has 0 aliphatic heterocycles. The van der Waals surface area contributed by atoms with Crippen LogP contribution in [-0.4, -0.2) is 26.5 Å². The van der Waals surface area contributed by atoms with E-state index < -0.39 is 21.7 Å². The Morgan fingerprint density at radius 3 is 2.09 bits per heavy atom. The molecular formula is C15H13BrN2O4S. The Balaban J connectivity index is 2.12. The van der Waals surface area contributed by atoms with Crippen molar-refractivity contribution in [2.75, 3.05) is 6.26 Å². The molecule has 2 aromatic rings. The number of rotatable bonds is 3. The van der Waals surface area contributed by atoms with Crippen molar-refractivity contribution in [3.8, 4) is 0 Å². The van der Waals surface area contributed by atoms with Crippen LogP contribution < -0.4 is 10.9 Å². The lowest BCUT2D eigenvalue weighted by Gasteiger charge is -2.10.